The topological polar surface area (TPSA) is 72.3 Å². The van der Waals surface area contributed by atoms with E-state index in [1.165, 1.54) is 0 Å². The van der Waals surface area contributed by atoms with Crippen LogP contribution in [0.5, 0.6) is 0 Å². The second kappa shape index (κ2) is 3.00. The number of benzene rings is 2. The summed E-state index contributed by atoms with van der Waals surface area (Å²) >= 11 is 0. The molecule has 3 rings (SSSR count). The van der Waals surface area contributed by atoms with Gasteiger partial charge >= 0.3 is 0 Å². The maximum absolute atomic E-state index is 10.2. The number of anilines is 2. The molecule has 0 aromatic heterocycles. The van der Waals surface area contributed by atoms with Crippen LogP contribution < -0.4 is 11.5 Å². The first-order chi connectivity index (χ1) is 7.66. The lowest BCUT2D eigenvalue weighted by Crippen LogP contribution is -1.96. The molecule has 3 nitrogen and oxygen atoms in total. The van der Waals surface area contributed by atoms with Crippen LogP contribution in [-0.4, -0.2) is 5.11 Å². The molecule has 0 aliphatic heterocycles. The molecule has 0 spiro atoms. The van der Waals surface area contributed by atoms with Crippen molar-refractivity contribution >= 4 is 11.4 Å². The Morgan fingerprint density at radius 3 is 1.69 bits per heavy atom. The van der Waals surface area contributed by atoms with Gasteiger partial charge in [0.25, 0.3) is 0 Å². The number of nitrogen functional groups attached to an aromatic ring is 2. The molecule has 0 atom stereocenters. The van der Waals surface area contributed by atoms with Crippen LogP contribution in [0, 0.1) is 0 Å². The first kappa shape index (κ1) is 9.24. The van der Waals surface area contributed by atoms with Crippen molar-refractivity contribution in [3.8, 4) is 11.1 Å². The summed E-state index contributed by atoms with van der Waals surface area (Å²) in [6.07, 6.45) is -0.614. The smallest absolute Gasteiger partial charge is 0.105 e. The molecule has 16 heavy (non-hydrogen) atoms. The highest BCUT2D eigenvalue weighted by Crippen LogP contribution is 2.44. The normalized spacial score (nSPS) is 13.6. The Labute approximate surface area is 93.3 Å². The molecule has 0 radical (unpaired) electrons. The summed E-state index contributed by atoms with van der Waals surface area (Å²) in [5.74, 6) is 0. The molecular weight excluding hydrogens is 200 g/mol. The van der Waals surface area contributed by atoms with E-state index >= 15 is 0 Å². The molecule has 80 valence electrons. The highest BCUT2D eigenvalue weighted by molar-refractivity contribution is 5.81. The number of nitrogens with two attached hydrogens (primary N) is 2. The molecule has 1 aliphatic rings. The van der Waals surface area contributed by atoms with Crippen molar-refractivity contribution in [2.45, 2.75) is 6.10 Å². The third-order valence-corrected chi connectivity index (χ3v) is 3.03. The highest BCUT2D eigenvalue weighted by Gasteiger charge is 2.26. The van der Waals surface area contributed by atoms with E-state index in [0.29, 0.717) is 11.4 Å². The monoisotopic (exact) mass is 212 g/mol. The summed E-state index contributed by atoms with van der Waals surface area (Å²) in [6, 6.07) is 11.2. The van der Waals surface area contributed by atoms with E-state index in [0.717, 1.165) is 22.3 Å². The molecule has 5 N–H and O–H groups in total. The van der Waals surface area contributed by atoms with Gasteiger partial charge in [0.2, 0.25) is 0 Å². The lowest BCUT2D eigenvalue weighted by molar-refractivity contribution is 0.225. The van der Waals surface area contributed by atoms with Gasteiger partial charge in [-0.2, -0.15) is 0 Å². The number of aliphatic hydroxyl groups excluding tert-OH is 1. The molecular formula is C13H12N2O. The van der Waals surface area contributed by atoms with Crippen molar-refractivity contribution in [1.29, 1.82) is 0 Å². The van der Waals surface area contributed by atoms with Gasteiger partial charge in [0.1, 0.15) is 6.10 Å². The molecule has 0 fully saturated rings. The summed E-state index contributed by atoms with van der Waals surface area (Å²) in [6.45, 7) is 0. The van der Waals surface area contributed by atoms with Gasteiger partial charge in [0, 0.05) is 11.4 Å². The van der Waals surface area contributed by atoms with Gasteiger partial charge in [-0.05, 0) is 46.5 Å². The van der Waals surface area contributed by atoms with Crippen LogP contribution in [0.15, 0.2) is 36.4 Å². The number of hydrogen-bond acceptors (Lipinski definition) is 3. The zero-order chi connectivity index (χ0) is 11.3. The molecule has 0 unspecified atom stereocenters. The molecule has 0 saturated heterocycles. The summed E-state index contributed by atoms with van der Waals surface area (Å²) in [7, 11) is 0. The highest BCUT2D eigenvalue weighted by atomic mass is 16.3. The fraction of sp³-hybridized carbons (Fsp3) is 0.0769. The maximum Gasteiger partial charge on any atom is 0.105 e. The van der Waals surface area contributed by atoms with Gasteiger partial charge in [-0.25, -0.2) is 0 Å². The van der Waals surface area contributed by atoms with Gasteiger partial charge in [-0.15, -0.1) is 0 Å². The molecule has 0 saturated carbocycles. The van der Waals surface area contributed by atoms with Gasteiger partial charge in [0.15, 0.2) is 0 Å². The zero-order valence-electron chi connectivity index (χ0n) is 8.64. The Morgan fingerprint density at radius 1 is 0.812 bits per heavy atom. The number of fused-ring (bicyclic) bond motifs is 3. The van der Waals surface area contributed by atoms with E-state index in [1.807, 2.05) is 36.4 Å². The largest absolute Gasteiger partial charge is 0.399 e. The minimum atomic E-state index is -0.614. The minimum absolute atomic E-state index is 0.614. The predicted molar refractivity (Wildman–Crippen MR) is 64.8 cm³/mol. The Morgan fingerprint density at radius 2 is 1.25 bits per heavy atom. The van der Waals surface area contributed by atoms with E-state index in [4.69, 9.17) is 11.5 Å². The minimum Gasteiger partial charge on any atom is -0.399 e. The third-order valence-electron chi connectivity index (χ3n) is 3.03. The summed E-state index contributed by atoms with van der Waals surface area (Å²) in [4.78, 5) is 0. The molecule has 0 heterocycles. The van der Waals surface area contributed by atoms with Crippen LogP contribution in [0.1, 0.15) is 17.2 Å². The fourth-order valence-electron chi connectivity index (χ4n) is 2.27. The fourth-order valence-corrected chi connectivity index (χ4v) is 2.27. The van der Waals surface area contributed by atoms with Gasteiger partial charge in [0.05, 0.1) is 0 Å². The van der Waals surface area contributed by atoms with Crippen molar-refractivity contribution in [2.75, 3.05) is 11.5 Å². The number of aliphatic hydroxyl groups is 1. The van der Waals surface area contributed by atoms with Crippen LogP contribution in [0.2, 0.25) is 0 Å². The van der Waals surface area contributed by atoms with Gasteiger partial charge in [-0.3, -0.25) is 0 Å². The molecule has 2 aromatic rings. The zero-order valence-corrected chi connectivity index (χ0v) is 8.64. The summed E-state index contributed by atoms with van der Waals surface area (Å²) in [5, 5.41) is 10.2. The van der Waals surface area contributed by atoms with Crippen LogP contribution in [0.25, 0.3) is 11.1 Å². The van der Waals surface area contributed by atoms with Gasteiger partial charge in [-0.1, -0.05) is 12.1 Å². The standard InChI is InChI=1S/C13H12N2O/c14-7-1-3-9-10-4-2-8(15)6-12(10)13(16)11(9)5-7/h1-6,13,16H,14-15H2. The predicted octanol–water partition coefficient (Wildman–Crippen LogP) is 1.91. The molecule has 0 bridgehead atoms. The summed E-state index contributed by atoms with van der Waals surface area (Å²) in [5.41, 5.74) is 16.6. The van der Waals surface area contributed by atoms with Crippen LogP contribution in [-0.2, 0) is 0 Å². The van der Waals surface area contributed by atoms with E-state index < -0.39 is 6.10 Å². The summed E-state index contributed by atoms with van der Waals surface area (Å²) < 4.78 is 0. The van der Waals surface area contributed by atoms with Gasteiger partial charge < -0.3 is 16.6 Å². The van der Waals surface area contributed by atoms with Crippen molar-refractivity contribution in [2.24, 2.45) is 0 Å². The quantitative estimate of drug-likeness (QED) is 0.584. The van der Waals surface area contributed by atoms with E-state index in [1.54, 1.807) is 0 Å². The van der Waals surface area contributed by atoms with Crippen molar-refractivity contribution < 1.29 is 5.11 Å². The number of hydrogen-bond donors (Lipinski definition) is 3. The van der Waals surface area contributed by atoms with Crippen molar-refractivity contribution in [3.63, 3.8) is 0 Å². The van der Waals surface area contributed by atoms with Crippen LogP contribution >= 0.6 is 0 Å². The number of rotatable bonds is 0. The first-order valence-electron chi connectivity index (χ1n) is 5.14. The average Bonchev–Trinajstić information content (AvgIpc) is 2.53. The molecule has 2 aromatic carbocycles. The second-order valence-corrected chi connectivity index (χ2v) is 4.10. The Kier molecular flexibility index (Phi) is 1.73. The Bertz CT molecular complexity index is 527. The van der Waals surface area contributed by atoms with Crippen molar-refractivity contribution in [1.82, 2.24) is 0 Å². The maximum atomic E-state index is 10.2. The van der Waals surface area contributed by atoms with E-state index in [2.05, 4.69) is 0 Å². The van der Waals surface area contributed by atoms with Crippen molar-refractivity contribution in [3.05, 3.63) is 47.5 Å². The molecule has 0 amide bonds. The average molecular weight is 212 g/mol. The molecule has 1 aliphatic carbocycles. The third kappa shape index (κ3) is 1.12. The van der Waals surface area contributed by atoms with Crippen LogP contribution in [0.3, 0.4) is 0 Å². The van der Waals surface area contributed by atoms with E-state index in [-0.39, 0.29) is 0 Å². The van der Waals surface area contributed by atoms with E-state index in [9.17, 15) is 5.11 Å². The second-order valence-electron chi connectivity index (χ2n) is 4.10. The first-order valence-corrected chi connectivity index (χ1v) is 5.14. The Hall–Kier alpha value is -2.00. The lowest BCUT2D eigenvalue weighted by Gasteiger charge is -2.06. The SMILES string of the molecule is Nc1ccc2c(c1)C(O)c1cc(N)ccc1-2. The lowest BCUT2D eigenvalue weighted by atomic mass is 10.1. The molecule has 3 heteroatoms. The Balaban J connectivity index is 2.30. The van der Waals surface area contributed by atoms with Crippen LogP contribution in [0.4, 0.5) is 11.4 Å².